The molecule has 0 unspecified atom stereocenters. The van der Waals surface area contributed by atoms with Gasteiger partial charge in [0.05, 0.1) is 13.2 Å². The molecule has 0 spiro atoms. The fraction of sp³-hybridized carbons (Fsp3) is 0.375. The lowest BCUT2D eigenvalue weighted by molar-refractivity contribution is 0.340. The summed E-state index contributed by atoms with van der Waals surface area (Å²) in [5, 5.41) is 9.92. The van der Waals surface area contributed by atoms with E-state index in [4.69, 9.17) is 4.74 Å². The van der Waals surface area contributed by atoms with Crippen LogP contribution in [0.5, 0.6) is 5.75 Å². The topological polar surface area (TPSA) is 33.0 Å². The van der Waals surface area contributed by atoms with E-state index in [2.05, 4.69) is 30.3 Å². The smallest absolute Gasteiger partial charge is 0.118 e. The van der Waals surface area contributed by atoms with E-state index >= 15 is 0 Å². The normalized spacial score (nSPS) is 15.8. The van der Waals surface area contributed by atoms with Crippen LogP contribution < -0.4 is 4.74 Å². The lowest BCUT2D eigenvalue weighted by atomic mass is 9.83. The average molecular weight is 345 g/mol. The average Bonchev–Trinajstić information content (AvgIpc) is 2.72. The van der Waals surface area contributed by atoms with Crippen molar-refractivity contribution in [2.75, 3.05) is 7.11 Å². The van der Waals surface area contributed by atoms with Crippen LogP contribution >= 0.6 is 0 Å². The van der Waals surface area contributed by atoms with E-state index in [1.54, 1.807) is 7.11 Å². The third-order valence-corrected chi connectivity index (χ3v) is 5.41. The van der Waals surface area contributed by atoms with Crippen LogP contribution in [0.4, 0.5) is 0 Å². The van der Waals surface area contributed by atoms with Gasteiger partial charge in [-0.05, 0) is 42.0 Å². The summed E-state index contributed by atoms with van der Waals surface area (Å²) in [6, 6.07) is 20.8. The molecule has 1 fully saturated rings. The molecule has 1 aliphatic rings. The van der Waals surface area contributed by atoms with Crippen molar-refractivity contribution in [2.24, 2.45) is 5.92 Å². The second-order valence-electron chi connectivity index (χ2n) is 7.10. The molecule has 0 aromatic heterocycles. The quantitative estimate of drug-likeness (QED) is 0.569. The summed E-state index contributed by atoms with van der Waals surface area (Å²) in [4.78, 5) is 0. The van der Waals surface area contributed by atoms with Gasteiger partial charge in [0, 0.05) is 11.1 Å². The molecule has 0 heterocycles. The SMILES string of the molecule is COc1ccc(/C(=C(/C#N)CCC2CCCCC2)c2ccccc2)cc1. The second-order valence-corrected chi connectivity index (χ2v) is 7.10. The van der Waals surface area contributed by atoms with Gasteiger partial charge >= 0.3 is 0 Å². The van der Waals surface area contributed by atoms with Gasteiger partial charge in [-0.25, -0.2) is 0 Å². The van der Waals surface area contributed by atoms with E-state index < -0.39 is 0 Å². The summed E-state index contributed by atoms with van der Waals surface area (Å²) >= 11 is 0. The third-order valence-electron chi connectivity index (χ3n) is 5.41. The minimum absolute atomic E-state index is 0.778. The molecule has 0 radical (unpaired) electrons. The Hall–Kier alpha value is -2.53. The molecule has 134 valence electrons. The van der Waals surface area contributed by atoms with Crippen LogP contribution in [0, 0.1) is 17.2 Å². The zero-order chi connectivity index (χ0) is 18.2. The predicted octanol–water partition coefficient (Wildman–Crippen LogP) is 6.38. The maximum atomic E-state index is 9.92. The molecule has 0 N–H and O–H groups in total. The highest BCUT2D eigenvalue weighted by atomic mass is 16.5. The fourth-order valence-corrected chi connectivity index (χ4v) is 3.94. The van der Waals surface area contributed by atoms with Crippen molar-refractivity contribution in [1.82, 2.24) is 0 Å². The van der Waals surface area contributed by atoms with Crippen molar-refractivity contribution < 1.29 is 4.74 Å². The van der Waals surface area contributed by atoms with Gasteiger partial charge in [0.2, 0.25) is 0 Å². The van der Waals surface area contributed by atoms with E-state index in [0.29, 0.717) is 0 Å². The maximum Gasteiger partial charge on any atom is 0.118 e. The van der Waals surface area contributed by atoms with Crippen LogP contribution in [0.3, 0.4) is 0 Å². The summed E-state index contributed by atoms with van der Waals surface area (Å²) in [6.45, 7) is 0. The molecule has 2 heteroatoms. The Morgan fingerprint density at radius 3 is 2.23 bits per heavy atom. The molecule has 0 atom stereocenters. The van der Waals surface area contributed by atoms with Crippen LogP contribution in [0.15, 0.2) is 60.2 Å². The number of rotatable bonds is 6. The third kappa shape index (κ3) is 4.55. The molecular formula is C24H27NO. The minimum Gasteiger partial charge on any atom is -0.497 e. The molecule has 0 bridgehead atoms. The summed E-state index contributed by atoms with van der Waals surface area (Å²) in [7, 11) is 1.67. The Labute approximate surface area is 157 Å². The van der Waals surface area contributed by atoms with Crippen LogP contribution in [-0.2, 0) is 0 Å². The number of ether oxygens (including phenoxy) is 1. The molecule has 2 aromatic rings. The van der Waals surface area contributed by atoms with Gasteiger partial charge in [-0.15, -0.1) is 0 Å². The number of nitrogens with zero attached hydrogens (tertiary/aromatic N) is 1. The lowest BCUT2D eigenvalue weighted by Gasteiger charge is -2.21. The highest BCUT2D eigenvalue weighted by molar-refractivity contribution is 5.84. The fourth-order valence-electron chi connectivity index (χ4n) is 3.94. The number of hydrogen-bond acceptors (Lipinski definition) is 2. The first kappa shape index (κ1) is 18.3. The largest absolute Gasteiger partial charge is 0.497 e. The van der Waals surface area contributed by atoms with Gasteiger partial charge < -0.3 is 4.74 Å². The van der Waals surface area contributed by atoms with Gasteiger partial charge in [-0.2, -0.15) is 5.26 Å². The first-order valence-electron chi connectivity index (χ1n) is 9.65. The van der Waals surface area contributed by atoms with E-state index in [1.165, 1.54) is 32.1 Å². The zero-order valence-electron chi connectivity index (χ0n) is 15.6. The van der Waals surface area contributed by atoms with Gasteiger partial charge in [-0.3, -0.25) is 0 Å². The number of hydrogen-bond donors (Lipinski definition) is 0. The molecule has 1 saturated carbocycles. The molecule has 1 aliphatic carbocycles. The number of allylic oxidation sites excluding steroid dienone is 1. The monoisotopic (exact) mass is 345 g/mol. The van der Waals surface area contributed by atoms with E-state index in [1.807, 2.05) is 30.3 Å². The Morgan fingerprint density at radius 1 is 0.962 bits per heavy atom. The zero-order valence-corrected chi connectivity index (χ0v) is 15.6. The Balaban J connectivity index is 1.93. The summed E-state index contributed by atoms with van der Waals surface area (Å²) in [5.41, 5.74) is 4.15. The Kier molecular flexibility index (Phi) is 6.50. The van der Waals surface area contributed by atoms with Crippen molar-refractivity contribution >= 4 is 5.57 Å². The van der Waals surface area contributed by atoms with Crippen LogP contribution in [0.1, 0.15) is 56.1 Å². The molecule has 0 aliphatic heterocycles. The van der Waals surface area contributed by atoms with E-state index in [9.17, 15) is 5.26 Å². The van der Waals surface area contributed by atoms with Crippen molar-refractivity contribution in [2.45, 2.75) is 44.9 Å². The van der Waals surface area contributed by atoms with E-state index in [0.717, 1.165) is 46.8 Å². The summed E-state index contributed by atoms with van der Waals surface area (Å²) in [5.74, 6) is 1.61. The highest BCUT2D eigenvalue weighted by Gasteiger charge is 2.17. The van der Waals surface area contributed by atoms with E-state index in [-0.39, 0.29) is 0 Å². The van der Waals surface area contributed by atoms with Gasteiger partial charge in [0.25, 0.3) is 0 Å². The molecule has 3 rings (SSSR count). The minimum atomic E-state index is 0.778. The molecule has 2 nitrogen and oxygen atoms in total. The molecule has 26 heavy (non-hydrogen) atoms. The Bertz CT molecular complexity index is 762. The molecule has 0 amide bonds. The van der Waals surface area contributed by atoms with Crippen molar-refractivity contribution in [3.8, 4) is 11.8 Å². The van der Waals surface area contributed by atoms with Gasteiger partial charge in [0.15, 0.2) is 0 Å². The first-order valence-corrected chi connectivity index (χ1v) is 9.65. The Morgan fingerprint density at radius 2 is 1.62 bits per heavy atom. The van der Waals surface area contributed by atoms with Gasteiger partial charge in [-0.1, -0.05) is 74.6 Å². The highest BCUT2D eigenvalue weighted by Crippen LogP contribution is 2.33. The van der Waals surface area contributed by atoms with Crippen LogP contribution in [0.2, 0.25) is 0 Å². The lowest BCUT2D eigenvalue weighted by Crippen LogP contribution is -2.06. The maximum absolute atomic E-state index is 9.92. The second kappa shape index (κ2) is 9.25. The summed E-state index contributed by atoms with van der Waals surface area (Å²) < 4.78 is 5.29. The predicted molar refractivity (Wildman–Crippen MR) is 107 cm³/mol. The molecule has 0 saturated heterocycles. The number of nitriles is 1. The van der Waals surface area contributed by atoms with Crippen molar-refractivity contribution in [3.63, 3.8) is 0 Å². The number of methoxy groups -OCH3 is 1. The standard InChI is InChI=1S/C24H27NO/c1-26-23-16-14-21(15-17-23)24(20-10-6-3-7-11-20)22(18-25)13-12-19-8-4-2-5-9-19/h3,6-7,10-11,14-17,19H,2,4-5,8-9,12-13H2,1H3/b24-22+. The van der Waals surface area contributed by atoms with Gasteiger partial charge in [0.1, 0.15) is 5.75 Å². The molecular weight excluding hydrogens is 318 g/mol. The molecule has 2 aromatic carbocycles. The van der Waals surface area contributed by atoms with Crippen LogP contribution in [0.25, 0.3) is 5.57 Å². The van der Waals surface area contributed by atoms with Crippen molar-refractivity contribution in [1.29, 1.82) is 5.26 Å². The first-order chi connectivity index (χ1) is 12.8. The van der Waals surface area contributed by atoms with Crippen molar-refractivity contribution in [3.05, 3.63) is 71.3 Å². The summed E-state index contributed by atoms with van der Waals surface area (Å²) in [6.07, 6.45) is 8.69. The van der Waals surface area contributed by atoms with Crippen LogP contribution in [-0.4, -0.2) is 7.11 Å². The number of benzene rings is 2.